The predicted molar refractivity (Wildman–Crippen MR) is 100 cm³/mol. The van der Waals surface area contributed by atoms with Crippen molar-refractivity contribution in [1.29, 1.82) is 0 Å². The van der Waals surface area contributed by atoms with Crippen LogP contribution in [-0.2, 0) is 13.2 Å². The second-order valence-corrected chi connectivity index (χ2v) is 5.81. The van der Waals surface area contributed by atoms with Crippen LogP contribution in [0.5, 0.6) is 5.75 Å². The Bertz CT molecular complexity index is 849. The zero-order valence-electron chi connectivity index (χ0n) is 14.1. The molecule has 3 aromatic rings. The van der Waals surface area contributed by atoms with Gasteiger partial charge in [-0.2, -0.15) is 4.98 Å². The molecule has 0 unspecified atom stereocenters. The molecule has 0 amide bonds. The van der Waals surface area contributed by atoms with E-state index >= 15 is 0 Å². The van der Waals surface area contributed by atoms with Gasteiger partial charge in [-0.1, -0.05) is 42.0 Å². The van der Waals surface area contributed by atoms with Crippen molar-refractivity contribution < 1.29 is 4.74 Å². The minimum Gasteiger partial charge on any atom is -0.489 e. The van der Waals surface area contributed by atoms with E-state index in [1.54, 1.807) is 0 Å². The number of aryl methyl sites for hydroxylation is 1. The van der Waals surface area contributed by atoms with E-state index in [4.69, 9.17) is 16.2 Å². The molecule has 2 aromatic carbocycles. The molecular formula is C19H21N5O. The van der Waals surface area contributed by atoms with Crippen LogP contribution >= 0.6 is 0 Å². The summed E-state index contributed by atoms with van der Waals surface area (Å²) >= 11 is 0. The first-order chi connectivity index (χ1) is 12.1. The Morgan fingerprint density at radius 1 is 1.04 bits per heavy atom. The molecule has 0 aliphatic heterocycles. The van der Waals surface area contributed by atoms with E-state index < -0.39 is 0 Å². The molecule has 6 heteroatoms. The minimum atomic E-state index is 0.275. The fraction of sp³-hybridized carbons (Fsp3) is 0.158. The third kappa shape index (κ3) is 4.60. The van der Waals surface area contributed by atoms with Crippen LogP contribution in [0.4, 0.5) is 17.5 Å². The average Bonchev–Trinajstić information content (AvgIpc) is 2.62. The Labute approximate surface area is 146 Å². The number of hydrogen-bond acceptors (Lipinski definition) is 6. The van der Waals surface area contributed by atoms with Gasteiger partial charge in [0.1, 0.15) is 12.4 Å². The van der Waals surface area contributed by atoms with Gasteiger partial charge < -0.3 is 21.5 Å². The van der Waals surface area contributed by atoms with Crippen molar-refractivity contribution in [2.24, 2.45) is 0 Å². The maximum atomic E-state index is 5.82. The number of aromatic nitrogens is 2. The molecule has 0 atom stereocenters. The van der Waals surface area contributed by atoms with E-state index in [1.807, 2.05) is 30.3 Å². The Kier molecular flexibility index (Phi) is 4.99. The summed E-state index contributed by atoms with van der Waals surface area (Å²) in [5.74, 6) is 1.56. The highest BCUT2D eigenvalue weighted by Gasteiger charge is 2.02. The summed E-state index contributed by atoms with van der Waals surface area (Å²) < 4.78 is 5.82. The summed E-state index contributed by atoms with van der Waals surface area (Å²) in [5.41, 5.74) is 15.1. The molecule has 0 spiro atoms. The summed E-state index contributed by atoms with van der Waals surface area (Å²) in [6.07, 6.45) is 1.49. The molecule has 1 heterocycles. The van der Waals surface area contributed by atoms with E-state index in [1.165, 1.54) is 11.8 Å². The van der Waals surface area contributed by atoms with Crippen molar-refractivity contribution in [2.45, 2.75) is 20.1 Å². The van der Waals surface area contributed by atoms with Crippen molar-refractivity contribution in [3.8, 4) is 5.75 Å². The van der Waals surface area contributed by atoms with Crippen molar-refractivity contribution >= 4 is 17.5 Å². The number of nitrogens with one attached hydrogen (secondary N) is 1. The lowest BCUT2D eigenvalue weighted by Gasteiger charge is -2.09. The van der Waals surface area contributed by atoms with E-state index in [0.29, 0.717) is 24.8 Å². The standard InChI is InChI=1S/C19H21N5O/c1-13-3-2-4-15(9-13)12-25-16-7-5-14(6-8-16)10-22-19-23-11-17(20)18(21)24-19/h2-9,11H,10,12,20H2,1H3,(H3,21,22,23,24). The molecule has 5 N–H and O–H groups in total. The van der Waals surface area contributed by atoms with Crippen molar-refractivity contribution in [3.63, 3.8) is 0 Å². The van der Waals surface area contributed by atoms with Gasteiger partial charge in [0.15, 0.2) is 5.82 Å². The van der Waals surface area contributed by atoms with Crippen molar-refractivity contribution in [1.82, 2.24) is 9.97 Å². The summed E-state index contributed by atoms with van der Waals surface area (Å²) in [7, 11) is 0. The second-order valence-electron chi connectivity index (χ2n) is 5.81. The lowest BCUT2D eigenvalue weighted by molar-refractivity contribution is 0.306. The van der Waals surface area contributed by atoms with Crippen LogP contribution in [0.25, 0.3) is 0 Å². The van der Waals surface area contributed by atoms with E-state index in [0.717, 1.165) is 16.9 Å². The highest BCUT2D eigenvalue weighted by Crippen LogP contribution is 2.16. The molecule has 0 saturated heterocycles. The highest BCUT2D eigenvalue weighted by atomic mass is 16.5. The number of nitrogens with two attached hydrogens (primary N) is 2. The van der Waals surface area contributed by atoms with E-state index in [-0.39, 0.29) is 5.82 Å². The molecule has 3 rings (SSSR count). The first kappa shape index (κ1) is 16.6. The van der Waals surface area contributed by atoms with Crippen molar-refractivity contribution in [2.75, 3.05) is 16.8 Å². The van der Waals surface area contributed by atoms with Gasteiger partial charge >= 0.3 is 0 Å². The number of anilines is 3. The minimum absolute atomic E-state index is 0.275. The highest BCUT2D eigenvalue weighted by molar-refractivity contribution is 5.58. The first-order valence-electron chi connectivity index (χ1n) is 7.99. The van der Waals surface area contributed by atoms with Crippen LogP contribution in [0.1, 0.15) is 16.7 Å². The zero-order valence-corrected chi connectivity index (χ0v) is 14.1. The number of nitrogens with zero attached hydrogens (tertiary/aromatic N) is 2. The molecule has 1 aromatic heterocycles. The molecule has 0 fully saturated rings. The van der Waals surface area contributed by atoms with Gasteiger partial charge in [0.2, 0.25) is 5.95 Å². The van der Waals surface area contributed by atoms with E-state index in [2.05, 4.69) is 40.4 Å². The van der Waals surface area contributed by atoms with Crippen LogP contribution in [-0.4, -0.2) is 9.97 Å². The third-order valence-electron chi connectivity index (χ3n) is 3.71. The number of ether oxygens (including phenoxy) is 1. The number of benzene rings is 2. The fourth-order valence-electron chi connectivity index (χ4n) is 2.34. The molecule has 0 radical (unpaired) electrons. The Morgan fingerprint density at radius 3 is 2.56 bits per heavy atom. The van der Waals surface area contributed by atoms with E-state index in [9.17, 15) is 0 Å². The van der Waals surface area contributed by atoms with Gasteiger partial charge in [-0.3, -0.25) is 0 Å². The molecule has 25 heavy (non-hydrogen) atoms. The molecular weight excluding hydrogens is 314 g/mol. The predicted octanol–water partition coefficient (Wildman–Crippen LogP) is 3.14. The zero-order chi connectivity index (χ0) is 17.6. The summed E-state index contributed by atoms with van der Waals surface area (Å²) in [4.78, 5) is 8.17. The normalized spacial score (nSPS) is 10.4. The van der Waals surface area contributed by atoms with Crippen LogP contribution in [0, 0.1) is 6.92 Å². The molecule has 0 bridgehead atoms. The smallest absolute Gasteiger partial charge is 0.225 e. The Balaban J connectivity index is 1.54. The molecule has 6 nitrogen and oxygen atoms in total. The maximum Gasteiger partial charge on any atom is 0.225 e. The van der Waals surface area contributed by atoms with Crippen LogP contribution in [0.15, 0.2) is 54.7 Å². The fourth-order valence-corrected chi connectivity index (χ4v) is 2.34. The third-order valence-corrected chi connectivity index (χ3v) is 3.71. The van der Waals surface area contributed by atoms with Crippen LogP contribution in [0.2, 0.25) is 0 Å². The number of rotatable bonds is 6. The van der Waals surface area contributed by atoms with Crippen LogP contribution < -0.4 is 21.5 Å². The Hall–Kier alpha value is -3.28. The topological polar surface area (TPSA) is 99.1 Å². The quantitative estimate of drug-likeness (QED) is 0.640. The lowest BCUT2D eigenvalue weighted by Crippen LogP contribution is -2.07. The molecule has 0 aliphatic carbocycles. The van der Waals surface area contributed by atoms with Gasteiger partial charge in [0, 0.05) is 6.54 Å². The van der Waals surface area contributed by atoms with Crippen LogP contribution in [0.3, 0.4) is 0 Å². The largest absolute Gasteiger partial charge is 0.489 e. The van der Waals surface area contributed by atoms with Gasteiger partial charge in [-0.25, -0.2) is 4.98 Å². The van der Waals surface area contributed by atoms with Crippen molar-refractivity contribution in [3.05, 3.63) is 71.4 Å². The second kappa shape index (κ2) is 7.53. The lowest BCUT2D eigenvalue weighted by atomic mass is 10.1. The summed E-state index contributed by atoms with van der Waals surface area (Å²) in [5, 5.41) is 3.11. The summed E-state index contributed by atoms with van der Waals surface area (Å²) in [6, 6.07) is 16.2. The Morgan fingerprint density at radius 2 is 1.84 bits per heavy atom. The number of nitrogen functional groups attached to an aromatic ring is 2. The summed E-state index contributed by atoms with van der Waals surface area (Å²) in [6.45, 7) is 3.21. The monoisotopic (exact) mass is 335 g/mol. The number of hydrogen-bond donors (Lipinski definition) is 3. The van der Waals surface area contributed by atoms with Gasteiger partial charge in [-0.05, 0) is 30.2 Å². The van der Waals surface area contributed by atoms with Gasteiger partial charge in [0.25, 0.3) is 0 Å². The first-order valence-corrected chi connectivity index (χ1v) is 7.99. The maximum absolute atomic E-state index is 5.82. The molecule has 128 valence electrons. The average molecular weight is 335 g/mol. The van der Waals surface area contributed by atoms with Gasteiger partial charge in [0.05, 0.1) is 11.9 Å². The molecule has 0 saturated carbocycles. The van der Waals surface area contributed by atoms with Gasteiger partial charge in [-0.15, -0.1) is 0 Å². The SMILES string of the molecule is Cc1cccc(COc2ccc(CNc3ncc(N)c(N)n3)cc2)c1. The molecule has 0 aliphatic rings.